The summed E-state index contributed by atoms with van der Waals surface area (Å²) in [7, 11) is 0. The Morgan fingerprint density at radius 3 is 1.68 bits per heavy atom. The van der Waals surface area contributed by atoms with Gasteiger partial charge in [-0.3, -0.25) is 0 Å². The third-order valence-corrected chi connectivity index (χ3v) is 10.4. The van der Waals surface area contributed by atoms with Gasteiger partial charge in [0.15, 0.2) is 0 Å². The molecule has 4 heterocycles. The Hall–Kier alpha value is -5.97. The van der Waals surface area contributed by atoms with Crippen LogP contribution in [0.5, 0.6) is 0 Å². The summed E-state index contributed by atoms with van der Waals surface area (Å²) in [6.07, 6.45) is 0. The fourth-order valence-corrected chi connectivity index (χ4v) is 8.13. The van der Waals surface area contributed by atoms with E-state index >= 15 is 0 Å². The van der Waals surface area contributed by atoms with Gasteiger partial charge in [0.05, 0.1) is 33.6 Å². The van der Waals surface area contributed by atoms with Gasteiger partial charge in [-0.1, -0.05) is 109 Å². The molecule has 10 rings (SSSR count). The highest BCUT2D eigenvalue weighted by atomic mass is 32.1. The predicted molar refractivity (Wildman–Crippen MR) is 199 cm³/mol. The average Bonchev–Trinajstić information content (AvgIpc) is 3.53. The van der Waals surface area contributed by atoms with Crippen LogP contribution in [0, 0.1) is 0 Å². The second-order valence-electron chi connectivity index (χ2n) is 12.0. The van der Waals surface area contributed by atoms with Crippen LogP contribution in [0.4, 0.5) is 0 Å². The summed E-state index contributed by atoms with van der Waals surface area (Å²) in [5, 5.41) is 8.25. The minimum atomic E-state index is 0.911. The first-order valence-corrected chi connectivity index (χ1v) is 16.6. The zero-order valence-electron chi connectivity index (χ0n) is 25.2. The maximum atomic E-state index is 5.27. The highest BCUT2D eigenvalue weighted by Gasteiger charge is 2.15. The van der Waals surface area contributed by atoms with Crippen LogP contribution in [0.25, 0.3) is 97.4 Å². The van der Waals surface area contributed by atoms with Gasteiger partial charge in [-0.05, 0) is 53.2 Å². The lowest BCUT2D eigenvalue weighted by molar-refractivity contribution is 1.37. The van der Waals surface area contributed by atoms with E-state index in [1.54, 1.807) is 0 Å². The van der Waals surface area contributed by atoms with Gasteiger partial charge in [-0.2, -0.15) is 0 Å². The number of hydrogen-bond donors (Lipinski definition) is 0. The number of rotatable bonds is 3. The van der Waals surface area contributed by atoms with Crippen molar-refractivity contribution < 1.29 is 0 Å². The molecule has 0 aliphatic heterocycles. The van der Waals surface area contributed by atoms with Crippen molar-refractivity contribution in [3.8, 4) is 33.8 Å². The van der Waals surface area contributed by atoms with E-state index < -0.39 is 0 Å². The molecule has 0 N–H and O–H groups in total. The summed E-state index contributed by atoms with van der Waals surface area (Å²) in [6.45, 7) is 0. The van der Waals surface area contributed by atoms with Crippen LogP contribution >= 0.6 is 11.3 Å². The number of pyridine rings is 3. The minimum absolute atomic E-state index is 0.911. The normalized spacial score (nSPS) is 11.8. The zero-order valence-corrected chi connectivity index (χ0v) is 26.0. The van der Waals surface area contributed by atoms with E-state index in [-0.39, 0.29) is 0 Å². The summed E-state index contributed by atoms with van der Waals surface area (Å²) in [5.41, 5.74) is 8.98. The lowest BCUT2D eigenvalue weighted by atomic mass is 9.95. The molecule has 0 aliphatic rings. The van der Waals surface area contributed by atoms with Gasteiger partial charge in [0, 0.05) is 53.0 Å². The summed E-state index contributed by atoms with van der Waals surface area (Å²) in [6, 6.07) is 53.5. The highest BCUT2D eigenvalue weighted by molar-refractivity contribution is 7.26. The monoisotopic (exact) mass is 615 g/mol. The van der Waals surface area contributed by atoms with Crippen molar-refractivity contribution in [1.82, 2.24) is 15.0 Å². The second kappa shape index (κ2) is 10.3. The Balaban J connectivity index is 1.13. The van der Waals surface area contributed by atoms with Gasteiger partial charge in [-0.25, -0.2) is 15.0 Å². The minimum Gasteiger partial charge on any atom is -0.248 e. The fourth-order valence-electron chi connectivity index (χ4n) is 7.01. The fraction of sp³-hybridized carbons (Fsp3) is 0. The molecule has 47 heavy (non-hydrogen) atoms. The third-order valence-electron chi connectivity index (χ3n) is 9.27. The average molecular weight is 616 g/mol. The summed E-state index contributed by atoms with van der Waals surface area (Å²) >= 11 is 1.84. The zero-order chi connectivity index (χ0) is 30.9. The lowest BCUT2D eigenvalue weighted by Crippen LogP contribution is -1.93. The van der Waals surface area contributed by atoms with Crippen LogP contribution in [-0.2, 0) is 0 Å². The third kappa shape index (κ3) is 4.16. The van der Waals surface area contributed by atoms with Crippen molar-refractivity contribution in [2.45, 2.75) is 0 Å². The molecule has 0 saturated heterocycles. The Labute approximate surface area is 274 Å². The maximum absolute atomic E-state index is 5.27. The Bertz CT molecular complexity index is 2850. The van der Waals surface area contributed by atoms with E-state index in [9.17, 15) is 0 Å². The van der Waals surface area contributed by atoms with Gasteiger partial charge >= 0.3 is 0 Å². The second-order valence-corrected chi connectivity index (χ2v) is 13.1. The first-order valence-electron chi connectivity index (χ1n) is 15.8. The Morgan fingerprint density at radius 1 is 0.362 bits per heavy atom. The van der Waals surface area contributed by atoms with Gasteiger partial charge < -0.3 is 0 Å². The molecule has 0 radical (unpaired) electrons. The van der Waals surface area contributed by atoms with Crippen molar-refractivity contribution in [1.29, 1.82) is 0 Å². The smallest absolute Gasteiger partial charge is 0.0972 e. The molecule has 0 atom stereocenters. The number of hydrogen-bond acceptors (Lipinski definition) is 4. The van der Waals surface area contributed by atoms with Crippen LogP contribution in [0.15, 0.2) is 152 Å². The molecule has 0 bridgehead atoms. The molecule has 0 saturated carbocycles. The van der Waals surface area contributed by atoms with E-state index in [1.165, 1.54) is 25.6 Å². The van der Waals surface area contributed by atoms with E-state index in [4.69, 9.17) is 15.0 Å². The van der Waals surface area contributed by atoms with Crippen molar-refractivity contribution in [3.63, 3.8) is 0 Å². The van der Waals surface area contributed by atoms with E-state index in [2.05, 4.69) is 133 Å². The summed E-state index contributed by atoms with van der Waals surface area (Å²) in [4.78, 5) is 15.6. The number of fused-ring (bicyclic) bond motifs is 9. The van der Waals surface area contributed by atoms with Gasteiger partial charge in [0.2, 0.25) is 0 Å². The van der Waals surface area contributed by atoms with Crippen molar-refractivity contribution in [2.24, 2.45) is 0 Å². The molecule has 0 aliphatic carbocycles. The SMILES string of the molecule is c1ccc(-c2ccc3ccc4ccc(-c5ccc(-c6ccc7c(ccc8sc9ccccc9c87)n6)c6ccccc56)nc4c3n2)cc1. The number of nitrogens with zero attached hydrogens (tertiary/aromatic N) is 3. The molecular formula is C43H25N3S. The summed E-state index contributed by atoms with van der Waals surface area (Å²) in [5.74, 6) is 0. The first kappa shape index (κ1) is 26.3. The van der Waals surface area contributed by atoms with Crippen LogP contribution in [0.1, 0.15) is 0 Å². The molecule has 6 aromatic carbocycles. The van der Waals surface area contributed by atoms with E-state index in [0.717, 1.165) is 71.9 Å². The van der Waals surface area contributed by atoms with Crippen LogP contribution in [0.3, 0.4) is 0 Å². The molecular weight excluding hydrogens is 591 g/mol. The molecule has 218 valence electrons. The quantitative estimate of drug-likeness (QED) is 0.186. The summed E-state index contributed by atoms with van der Waals surface area (Å²) < 4.78 is 2.61. The Morgan fingerprint density at radius 2 is 0.936 bits per heavy atom. The van der Waals surface area contributed by atoms with Gasteiger partial charge in [-0.15, -0.1) is 11.3 Å². The molecule has 4 aromatic heterocycles. The van der Waals surface area contributed by atoms with Gasteiger partial charge in [0.25, 0.3) is 0 Å². The molecule has 0 fully saturated rings. The number of thiophene rings is 1. The standard InChI is InChI=1S/C43H25N3S/c1-2-8-26(9-3-1)35-21-16-27-14-15-28-17-22-37(46-43(28)42(27)45-35)32-19-18-31(29-10-4-5-11-30(29)32)36-23-20-33-38(44-36)24-25-40-41(33)34-12-6-7-13-39(34)47-40/h1-25H. The van der Waals surface area contributed by atoms with Crippen LogP contribution in [-0.4, -0.2) is 15.0 Å². The van der Waals surface area contributed by atoms with E-state index in [0.29, 0.717) is 0 Å². The first-order chi connectivity index (χ1) is 23.3. The molecule has 3 nitrogen and oxygen atoms in total. The lowest BCUT2D eigenvalue weighted by Gasteiger charge is -2.13. The highest BCUT2D eigenvalue weighted by Crippen LogP contribution is 2.40. The van der Waals surface area contributed by atoms with E-state index in [1.807, 2.05) is 29.5 Å². The molecule has 10 aromatic rings. The molecule has 4 heteroatoms. The van der Waals surface area contributed by atoms with Gasteiger partial charge in [0.1, 0.15) is 0 Å². The number of aromatic nitrogens is 3. The molecule has 0 unspecified atom stereocenters. The Kier molecular flexibility index (Phi) is 5.74. The van der Waals surface area contributed by atoms with Crippen molar-refractivity contribution in [2.75, 3.05) is 0 Å². The molecule has 0 spiro atoms. The van der Waals surface area contributed by atoms with Crippen molar-refractivity contribution in [3.05, 3.63) is 152 Å². The maximum Gasteiger partial charge on any atom is 0.0972 e. The largest absolute Gasteiger partial charge is 0.248 e. The predicted octanol–water partition coefficient (Wildman–Crippen LogP) is 11.9. The van der Waals surface area contributed by atoms with Crippen LogP contribution in [0.2, 0.25) is 0 Å². The topological polar surface area (TPSA) is 38.7 Å². The molecule has 0 amide bonds. The number of benzene rings is 6. The van der Waals surface area contributed by atoms with Crippen LogP contribution < -0.4 is 0 Å². The van der Waals surface area contributed by atoms with Crippen molar-refractivity contribution >= 4 is 75.0 Å².